The molecule has 0 fully saturated rings. The standard InChI is InChI=1S/C62H52Cl4N4O2S2/c1-27(2)33-15-35(29(5)6)53(36(16-33)30(7)8)43-23-51(57-55(49(25-67)69-13)39-19-45(63)47(65)21-41(39)59(57)71)73-61(43)62-44(54-37(31(9)10)17-34(28(3)4)18-38(54)32(11)12)24-52(74-62)58-56(50(26-68)70-14)40-20-46(64)48(66)22-42(40)60(58)72/h15-24,27-32H,1-12H3/b55-49-,56-50+,57-51-,58-52-,62-61+. The van der Waals surface area contributed by atoms with Crippen molar-refractivity contribution in [1.29, 1.82) is 10.5 Å². The second-order valence-electron chi connectivity index (χ2n) is 20.7. The maximum atomic E-state index is 15.1. The van der Waals surface area contributed by atoms with Gasteiger partial charge in [-0.25, -0.2) is 20.2 Å². The van der Waals surface area contributed by atoms with Crippen LogP contribution in [0.15, 0.2) is 72.1 Å². The average molecular weight is 1090 g/mol. The summed E-state index contributed by atoms with van der Waals surface area (Å²) < 4.78 is 2.64. The van der Waals surface area contributed by atoms with Crippen LogP contribution in [0.2, 0.25) is 20.1 Å². The highest BCUT2D eigenvalue weighted by molar-refractivity contribution is 7.12. The van der Waals surface area contributed by atoms with E-state index in [0.29, 0.717) is 20.2 Å². The van der Waals surface area contributed by atoms with Crippen molar-refractivity contribution in [2.24, 2.45) is 0 Å². The molecule has 0 aliphatic heterocycles. The summed E-state index contributed by atoms with van der Waals surface area (Å²) in [5, 5.41) is 21.8. The maximum Gasteiger partial charge on any atom is 0.270 e. The smallest absolute Gasteiger partial charge is 0.270 e. The zero-order chi connectivity index (χ0) is 54.1. The first-order chi connectivity index (χ1) is 35.0. The quantitative estimate of drug-likeness (QED) is 0.112. The number of hydrogen-bond donors (Lipinski definition) is 0. The second kappa shape index (κ2) is 20.9. The Labute approximate surface area is 461 Å². The number of carbonyl (C=O) groups excluding carboxylic acids is 2. The van der Waals surface area contributed by atoms with Crippen molar-refractivity contribution in [2.75, 3.05) is 0 Å². The zero-order valence-electron chi connectivity index (χ0n) is 43.2. The number of hydrogen-bond acceptors (Lipinski definition) is 6. The molecule has 372 valence electrons. The molecule has 2 aliphatic rings. The van der Waals surface area contributed by atoms with E-state index in [1.807, 2.05) is 12.1 Å². The Hall–Kier alpha value is -6.04. The number of nitrogens with zero attached hydrogens (tertiary/aromatic N) is 4. The van der Waals surface area contributed by atoms with Crippen molar-refractivity contribution in [2.45, 2.75) is 119 Å². The van der Waals surface area contributed by atoms with Crippen molar-refractivity contribution in [3.8, 4) is 34.4 Å². The second-order valence-corrected chi connectivity index (χ2v) is 24.4. The van der Waals surface area contributed by atoms with Gasteiger partial charge in [-0.05, 0) is 128 Å². The largest absolute Gasteiger partial charge is 0.289 e. The van der Waals surface area contributed by atoms with Crippen LogP contribution in [0.5, 0.6) is 0 Å². The Morgan fingerprint density at radius 2 is 0.730 bits per heavy atom. The van der Waals surface area contributed by atoms with E-state index >= 15 is 9.59 Å². The van der Waals surface area contributed by atoms with Gasteiger partial charge in [0.05, 0.1) is 54.4 Å². The molecule has 0 amide bonds. The monoisotopic (exact) mass is 1090 g/mol. The van der Waals surface area contributed by atoms with Crippen LogP contribution in [0.4, 0.5) is 0 Å². The number of nitriles is 2. The first kappa shape index (κ1) is 54.2. The molecule has 0 spiro atoms. The highest BCUT2D eigenvalue weighted by atomic mass is 35.5. The normalized spacial score (nSPS) is 16.6. The van der Waals surface area contributed by atoms with E-state index in [2.05, 4.69) is 129 Å². The fourth-order valence-corrected chi connectivity index (χ4v) is 13.4. The molecule has 6 aromatic rings. The molecule has 0 N–H and O–H groups in total. The molecular formula is C62H52Cl4N4O2S2. The Morgan fingerprint density at radius 1 is 0.446 bits per heavy atom. The summed E-state index contributed by atoms with van der Waals surface area (Å²) >= 11 is 29.2. The number of ketones is 2. The number of allylic oxidation sites excluding steroid dienone is 4. The van der Waals surface area contributed by atoms with E-state index in [9.17, 15) is 10.5 Å². The third kappa shape index (κ3) is 9.20. The van der Waals surface area contributed by atoms with Crippen molar-refractivity contribution < 1.29 is 9.59 Å². The van der Waals surface area contributed by atoms with Crippen LogP contribution < -0.4 is 9.06 Å². The summed E-state index contributed by atoms with van der Waals surface area (Å²) in [6, 6.07) is 23.5. The SMILES string of the molecule is [C-]#[N+]/C(C#N)=C1\C(=c2/cc(-c3c(C(C)C)cc(C(C)C)cc3C(C)C)/c(=c3\s/c(=C4\C(=O)c5cc(Cl)c(Cl)cc5\C4=C(\C#N)[N+]#[C-])cc3-c3c(C(C)C)cc(C(C)C)cc3C(C)C)s2)C(=O)c2cc(Cl)c(Cl)cc21. The molecule has 0 radical (unpaired) electrons. The minimum Gasteiger partial charge on any atom is -0.289 e. The van der Waals surface area contributed by atoms with Gasteiger partial charge in [-0.1, -0.05) is 154 Å². The lowest BCUT2D eigenvalue weighted by Crippen LogP contribution is -2.07. The summed E-state index contributed by atoms with van der Waals surface area (Å²) in [4.78, 5) is 37.6. The van der Waals surface area contributed by atoms with Crippen LogP contribution in [0, 0.1) is 44.9 Å². The fourth-order valence-electron chi connectivity index (χ4n) is 10.2. The topological polar surface area (TPSA) is 90.4 Å². The fraction of sp³-hybridized carbons (Fsp3) is 0.290. The Morgan fingerprint density at radius 3 is 0.973 bits per heavy atom. The molecule has 0 bridgehead atoms. The van der Waals surface area contributed by atoms with Crippen LogP contribution in [-0.2, 0) is 0 Å². The predicted molar refractivity (Wildman–Crippen MR) is 308 cm³/mol. The van der Waals surface area contributed by atoms with Crippen LogP contribution in [0.3, 0.4) is 0 Å². The molecule has 12 heteroatoms. The van der Waals surface area contributed by atoms with E-state index in [1.165, 1.54) is 45.9 Å². The van der Waals surface area contributed by atoms with Gasteiger partial charge in [-0.3, -0.25) is 9.59 Å². The first-order valence-electron chi connectivity index (χ1n) is 24.5. The van der Waals surface area contributed by atoms with Gasteiger partial charge in [-0.2, -0.15) is 0 Å². The minimum atomic E-state index is -0.395. The molecule has 6 nitrogen and oxygen atoms in total. The van der Waals surface area contributed by atoms with Gasteiger partial charge in [-0.15, -0.1) is 22.7 Å². The predicted octanol–water partition coefficient (Wildman–Crippen LogP) is 18.2. The lowest BCUT2D eigenvalue weighted by atomic mass is 9.81. The molecule has 2 aromatic heterocycles. The molecule has 0 unspecified atom stereocenters. The van der Waals surface area contributed by atoms with Gasteiger partial charge in [0.1, 0.15) is 0 Å². The average Bonchev–Trinajstić information content (AvgIpc) is 4.11. The lowest BCUT2D eigenvalue weighted by molar-refractivity contribution is 0.105. The number of fused-ring (bicyclic) bond motifs is 2. The molecule has 4 aromatic carbocycles. The van der Waals surface area contributed by atoms with Crippen LogP contribution in [-0.4, -0.2) is 11.6 Å². The maximum absolute atomic E-state index is 15.1. The molecular weight excluding hydrogens is 1040 g/mol. The van der Waals surface area contributed by atoms with Crippen molar-refractivity contribution in [3.63, 3.8) is 0 Å². The summed E-state index contributed by atoms with van der Waals surface area (Å²) in [7, 11) is 0. The summed E-state index contributed by atoms with van der Waals surface area (Å²) in [6.07, 6.45) is 0. The Bertz CT molecular complexity index is 3600. The van der Waals surface area contributed by atoms with Crippen LogP contribution >= 0.6 is 69.1 Å². The Kier molecular flexibility index (Phi) is 15.3. The number of carbonyl (C=O) groups is 2. The van der Waals surface area contributed by atoms with E-state index in [-0.39, 0.29) is 100 Å². The van der Waals surface area contributed by atoms with E-state index in [0.717, 1.165) is 53.6 Å². The molecule has 2 aliphatic carbocycles. The summed E-state index contributed by atoms with van der Waals surface area (Å²) in [5.74, 6) is -0.155. The summed E-state index contributed by atoms with van der Waals surface area (Å²) in [6.45, 7) is 42.6. The van der Waals surface area contributed by atoms with Crippen LogP contribution in [0.25, 0.3) is 54.2 Å². The highest BCUT2D eigenvalue weighted by Crippen LogP contribution is 2.48. The minimum absolute atomic E-state index is 0.0473. The van der Waals surface area contributed by atoms with Gasteiger partial charge in [0, 0.05) is 53.6 Å². The van der Waals surface area contributed by atoms with E-state index in [1.54, 1.807) is 12.1 Å². The molecule has 0 atom stereocenters. The number of Topliss-reactive ketones (excluding diaryl/α,β-unsaturated/α-hetero) is 2. The molecule has 2 heterocycles. The van der Waals surface area contributed by atoms with Gasteiger partial charge >= 0.3 is 0 Å². The van der Waals surface area contributed by atoms with Gasteiger partial charge in [0.15, 0.2) is 11.6 Å². The van der Waals surface area contributed by atoms with Gasteiger partial charge in [0.25, 0.3) is 11.4 Å². The lowest BCUT2D eigenvalue weighted by Gasteiger charge is -2.23. The van der Waals surface area contributed by atoms with Gasteiger partial charge in [0.2, 0.25) is 0 Å². The molecule has 0 saturated heterocycles. The van der Waals surface area contributed by atoms with E-state index < -0.39 is 11.6 Å². The van der Waals surface area contributed by atoms with Crippen molar-refractivity contribution in [1.82, 2.24) is 0 Å². The number of benzene rings is 4. The highest BCUT2D eigenvalue weighted by Gasteiger charge is 2.37. The Balaban J connectivity index is 1.76. The van der Waals surface area contributed by atoms with E-state index in [4.69, 9.17) is 59.5 Å². The van der Waals surface area contributed by atoms with Crippen LogP contribution in [0.1, 0.15) is 184 Å². The third-order valence-electron chi connectivity index (χ3n) is 14.0. The number of thiophene rings is 2. The van der Waals surface area contributed by atoms with Crippen molar-refractivity contribution >= 4 is 103 Å². The number of halogens is 4. The molecule has 8 rings (SSSR count). The van der Waals surface area contributed by atoms with Gasteiger partial charge < -0.3 is 0 Å². The zero-order valence-corrected chi connectivity index (χ0v) is 47.8. The number of rotatable bonds is 8. The van der Waals surface area contributed by atoms with Crippen molar-refractivity contribution in [3.05, 3.63) is 189 Å². The first-order valence-corrected chi connectivity index (χ1v) is 27.7. The summed E-state index contributed by atoms with van der Waals surface area (Å²) in [5.41, 5.74) is 11.9. The molecule has 0 saturated carbocycles. The molecule has 74 heavy (non-hydrogen) atoms. The third-order valence-corrected chi connectivity index (χ3v) is 17.9.